The Labute approximate surface area is 116 Å². The number of benzene rings is 1. The maximum absolute atomic E-state index is 3.48. The zero-order valence-electron chi connectivity index (χ0n) is 12.2. The van der Waals surface area contributed by atoms with Crippen LogP contribution in [0.5, 0.6) is 0 Å². The van der Waals surface area contributed by atoms with Gasteiger partial charge in [0.05, 0.1) is 0 Å². The summed E-state index contributed by atoms with van der Waals surface area (Å²) >= 11 is 0. The van der Waals surface area contributed by atoms with Crippen LogP contribution in [0.3, 0.4) is 0 Å². The summed E-state index contributed by atoms with van der Waals surface area (Å²) in [5.74, 6) is 0. The van der Waals surface area contributed by atoms with E-state index in [-0.39, 0.29) is 0 Å². The van der Waals surface area contributed by atoms with Gasteiger partial charge in [0.15, 0.2) is 0 Å². The fraction of sp³-hybridized carbons (Fsp3) is 0.625. The first kappa shape index (κ1) is 12.9. The predicted octanol–water partition coefficient (Wildman–Crippen LogP) is 2.18. The third-order valence-electron chi connectivity index (χ3n) is 4.45. The smallest absolute Gasteiger partial charge is 0.0376 e. The second-order valence-corrected chi connectivity index (χ2v) is 6.10. The summed E-state index contributed by atoms with van der Waals surface area (Å²) < 4.78 is 0. The van der Waals surface area contributed by atoms with Gasteiger partial charge < -0.3 is 10.2 Å². The first-order chi connectivity index (χ1) is 9.22. The molecule has 1 aromatic carbocycles. The van der Waals surface area contributed by atoms with Gasteiger partial charge in [-0.1, -0.05) is 12.1 Å². The molecule has 1 N–H and O–H groups in total. The molecule has 2 heterocycles. The third kappa shape index (κ3) is 2.93. The Morgan fingerprint density at radius 3 is 3.11 bits per heavy atom. The highest BCUT2D eigenvalue weighted by Gasteiger charge is 2.20. The molecule has 1 aromatic rings. The van der Waals surface area contributed by atoms with Crippen LogP contribution in [0.25, 0.3) is 0 Å². The molecule has 0 radical (unpaired) electrons. The zero-order chi connectivity index (χ0) is 13.2. The molecule has 3 rings (SSSR count). The molecule has 3 heteroatoms. The highest BCUT2D eigenvalue weighted by Crippen LogP contribution is 2.24. The standard InChI is InChI=1S/C16H25N3/c1-13-11-18(2)8-3-9-19(13)12-14-4-5-15-6-7-17-16(15)10-14/h4-5,10,13,17H,3,6-9,11-12H2,1-2H3. The average molecular weight is 259 g/mol. The number of fused-ring (bicyclic) bond motifs is 1. The topological polar surface area (TPSA) is 18.5 Å². The first-order valence-electron chi connectivity index (χ1n) is 7.50. The lowest BCUT2D eigenvalue weighted by Crippen LogP contribution is -2.37. The Morgan fingerprint density at radius 2 is 2.21 bits per heavy atom. The van der Waals surface area contributed by atoms with Gasteiger partial charge in [-0.25, -0.2) is 0 Å². The highest BCUT2D eigenvalue weighted by atomic mass is 15.2. The van der Waals surface area contributed by atoms with E-state index in [1.807, 2.05) is 0 Å². The molecule has 0 amide bonds. The van der Waals surface area contributed by atoms with Gasteiger partial charge in [0.25, 0.3) is 0 Å². The minimum absolute atomic E-state index is 0.647. The number of hydrogen-bond acceptors (Lipinski definition) is 3. The molecule has 19 heavy (non-hydrogen) atoms. The number of anilines is 1. The maximum Gasteiger partial charge on any atom is 0.0376 e. The fourth-order valence-electron chi connectivity index (χ4n) is 3.33. The maximum atomic E-state index is 3.48. The average Bonchev–Trinajstić information content (AvgIpc) is 2.78. The second-order valence-electron chi connectivity index (χ2n) is 6.10. The van der Waals surface area contributed by atoms with E-state index in [1.54, 1.807) is 0 Å². The zero-order valence-corrected chi connectivity index (χ0v) is 12.2. The van der Waals surface area contributed by atoms with Crippen molar-refractivity contribution in [2.24, 2.45) is 0 Å². The van der Waals surface area contributed by atoms with Crippen LogP contribution in [0.4, 0.5) is 5.69 Å². The number of nitrogens with zero attached hydrogens (tertiary/aromatic N) is 2. The summed E-state index contributed by atoms with van der Waals surface area (Å²) in [5, 5.41) is 3.48. The van der Waals surface area contributed by atoms with E-state index in [0.29, 0.717) is 6.04 Å². The molecular formula is C16H25N3. The quantitative estimate of drug-likeness (QED) is 0.878. The van der Waals surface area contributed by atoms with E-state index < -0.39 is 0 Å². The van der Waals surface area contributed by atoms with Gasteiger partial charge in [-0.15, -0.1) is 0 Å². The minimum Gasteiger partial charge on any atom is -0.384 e. The number of nitrogens with one attached hydrogen (secondary N) is 1. The first-order valence-corrected chi connectivity index (χ1v) is 7.50. The van der Waals surface area contributed by atoms with Gasteiger partial charge in [0, 0.05) is 37.9 Å². The normalized spacial score (nSPS) is 24.8. The van der Waals surface area contributed by atoms with Crippen LogP contribution in [0.1, 0.15) is 24.5 Å². The number of rotatable bonds is 2. The Balaban J connectivity index is 1.70. The fourth-order valence-corrected chi connectivity index (χ4v) is 3.33. The second kappa shape index (κ2) is 5.51. The highest BCUT2D eigenvalue weighted by molar-refractivity contribution is 5.57. The summed E-state index contributed by atoms with van der Waals surface area (Å²) in [6, 6.07) is 7.62. The molecule has 1 fully saturated rings. The van der Waals surface area contributed by atoms with Crippen LogP contribution < -0.4 is 5.32 Å². The summed E-state index contributed by atoms with van der Waals surface area (Å²) in [4.78, 5) is 5.08. The van der Waals surface area contributed by atoms with Crippen molar-refractivity contribution in [3.05, 3.63) is 29.3 Å². The molecule has 0 aromatic heterocycles. The van der Waals surface area contributed by atoms with E-state index in [9.17, 15) is 0 Å². The Kier molecular flexibility index (Phi) is 3.76. The van der Waals surface area contributed by atoms with Crippen molar-refractivity contribution in [1.82, 2.24) is 9.80 Å². The molecule has 3 nitrogen and oxygen atoms in total. The molecule has 2 aliphatic heterocycles. The van der Waals surface area contributed by atoms with E-state index in [4.69, 9.17) is 0 Å². The molecule has 1 saturated heterocycles. The molecule has 0 aliphatic carbocycles. The van der Waals surface area contributed by atoms with Crippen molar-refractivity contribution in [1.29, 1.82) is 0 Å². The van der Waals surface area contributed by atoms with Crippen LogP contribution in [0.15, 0.2) is 18.2 Å². The molecule has 0 saturated carbocycles. The van der Waals surface area contributed by atoms with Crippen molar-refractivity contribution in [2.75, 3.05) is 38.5 Å². The van der Waals surface area contributed by atoms with E-state index >= 15 is 0 Å². The van der Waals surface area contributed by atoms with Gasteiger partial charge in [-0.2, -0.15) is 0 Å². The van der Waals surface area contributed by atoms with E-state index in [2.05, 4.69) is 47.3 Å². The number of likely N-dealkylation sites (N-methyl/N-ethyl adjacent to an activating group) is 1. The summed E-state index contributed by atoms with van der Waals surface area (Å²) in [6.45, 7) is 8.17. The molecule has 0 bridgehead atoms. The van der Waals surface area contributed by atoms with Crippen LogP contribution in [0.2, 0.25) is 0 Å². The molecular weight excluding hydrogens is 234 g/mol. The van der Waals surface area contributed by atoms with Crippen molar-refractivity contribution in [2.45, 2.75) is 32.4 Å². The van der Waals surface area contributed by atoms with Gasteiger partial charge in [0.2, 0.25) is 0 Å². The van der Waals surface area contributed by atoms with Gasteiger partial charge >= 0.3 is 0 Å². The van der Waals surface area contributed by atoms with Crippen LogP contribution in [-0.2, 0) is 13.0 Å². The van der Waals surface area contributed by atoms with Crippen molar-refractivity contribution < 1.29 is 0 Å². The largest absolute Gasteiger partial charge is 0.384 e. The van der Waals surface area contributed by atoms with Crippen molar-refractivity contribution >= 4 is 5.69 Å². The Morgan fingerprint density at radius 1 is 1.32 bits per heavy atom. The predicted molar refractivity (Wildman–Crippen MR) is 80.6 cm³/mol. The van der Waals surface area contributed by atoms with Crippen molar-refractivity contribution in [3.8, 4) is 0 Å². The Bertz CT molecular complexity index is 444. The lowest BCUT2D eigenvalue weighted by molar-refractivity contribution is 0.194. The Hall–Kier alpha value is -1.06. The monoisotopic (exact) mass is 259 g/mol. The van der Waals surface area contributed by atoms with E-state index in [1.165, 1.54) is 49.3 Å². The third-order valence-corrected chi connectivity index (χ3v) is 4.45. The van der Waals surface area contributed by atoms with Crippen LogP contribution in [-0.4, -0.2) is 49.1 Å². The van der Waals surface area contributed by atoms with Crippen molar-refractivity contribution in [3.63, 3.8) is 0 Å². The molecule has 104 valence electrons. The molecule has 0 spiro atoms. The van der Waals surface area contributed by atoms with Crippen LogP contribution in [0, 0.1) is 0 Å². The molecule has 2 aliphatic rings. The van der Waals surface area contributed by atoms with E-state index in [0.717, 1.165) is 13.1 Å². The minimum atomic E-state index is 0.647. The molecule has 1 unspecified atom stereocenters. The van der Waals surface area contributed by atoms with Gasteiger partial charge in [-0.05, 0) is 50.6 Å². The van der Waals surface area contributed by atoms with Gasteiger partial charge in [0.1, 0.15) is 0 Å². The lowest BCUT2D eigenvalue weighted by atomic mass is 10.1. The summed E-state index contributed by atoms with van der Waals surface area (Å²) in [7, 11) is 2.24. The molecule has 1 atom stereocenters. The van der Waals surface area contributed by atoms with Gasteiger partial charge in [-0.3, -0.25) is 4.90 Å². The summed E-state index contributed by atoms with van der Waals surface area (Å²) in [6.07, 6.45) is 2.46. The lowest BCUT2D eigenvalue weighted by Gasteiger charge is -2.28. The summed E-state index contributed by atoms with van der Waals surface area (Å²) in [5.41, 5.74) is 4.29. The van der Waals surface area contributed by atoms with Crippen LogP contribution >= 0.6 is 0 Å². The SMILES string of the molecule is CC1CN(C)CCCN1Cc1ccc2c(c1)NCC2. The number of hydrogen-bond donors (Lipinski definition) is 1.